The summed E-state index contributed by atoms with van der Waals surface area (Å²) < 4.78 is 65.9. The summed E-state index contributed by atoms with van der Waals surface area (Å²) in [6.07, 6.45) is -10.5. The van der Waals surface area contributed by atoms with E-state index in [-0.39, 0.29) is 5.82 Å². The highest BCUT2D eigenvalue weighted by atomic mass is 32.4. The molecule has 1 aliphatic rings. The Labute approximate surface area is 234 Å². The zero-order valence-electron chi connectivity index (χ0n) is 22.7. The van der Waals surface area contributed by atoms with E-state index < -0.39 is 85.6 Å². The van der Waals surface area contributed by atoms with E-state index in [2.05, 4.69) is 15.2 Å². The van der Waals surface area contributed by atoms with Crippen LogP contribution in [-0.2, 0) is 40.1 Å². The summed E-state index contributed by atoms with van der Waals surface area (Å²) in [5, 5.41) is 15.7. The average molecular weight is 618 g/mol. The average Bonchev–Trinajstić information content (AvgIpc) is 3.08. The molecule has 1 aromatic rings. The van der Waals surface area contributed by atoms with Gasteiger partial charge in [0.25, 0.3) is 6.43 Å². The number of ether oxygens (including phenoxy) is 3. The molecule has 2 heterocycles. The van der Waals surface area contributed by atoms with Crippen LogP contribution in [0.5, 0.6) is 0 Å². The number of aliphatic hydroxyl groups is 1. The fourth-order valence-electron chi connectivity index (χ4n) is 3.57. The fourth-order valence-corrected chi connectivity index (χ4v) is 6.51. The predicted octanol–water partition coefficient (Wildman–Crippen LogP) is 1.16. The number of carbonyl (C=O) groups excluding carboxylic acids is 2. The lowest BCUT2D eigenvalue weighted by molar-refractivity contribution is -0.182. The van der Waals surface area contributed by atoms with Crippen molar-refractivity contribution >= 4 is 36.1 Å². The highest BCUT2D eigenvalue weighted by Crippen LogP contribution is 2.47. The van der Waals surface area contributed by atoms with E-state index in [0.29, 0.717) is 4.57 Å². The third kappa shape index (κ3) is 8.21. The Kier molecular flexibility index (Phi) is 11.7. The molecule has 0 unspecified atom stereocenters. The summed E-state index contributed by atoms with van der Waals surface area (Å²) in [6, 6.07) is -1.17. The number of anilines is 1. The molecule has 2 rings (SSSR count). The minimum absolute atomic E-state index is 0.193. The minimum Gasteiger partial charge on any atom is -0.462 e. The topological polar surface area (TPSA) is 176 Å². The first-order valence-corrected chi connectivity index (χ1v) is 15.0. The Morgan fingerprint density at radius 1 is 1.18 bits per heavy atom. The van der Waals surface area contributed by atoms with Gasteiger partial charge in [-0.1, -0.05) is 0 Å². The molecule has 0 saturated carbocycles. The van der Waals surface area contributed by atoms with Gasteiger partial charge in [0, 0.05) is 6.20 Å². The number of hydrogen-bond acceptors (Lipinski definition) is 11. The Hall–Kier alpha value is -2.14. The quantitative estimate of drug-likeness (QED) is 0.183. The van der Waals surface area contributed by atoms with Crippen molar-refractivity contribution in [2.24, 2.45) is 0 Å². The zero-order valence-corrected chi connectivity index (χ0v) is 24.5. The zero-order chi connectivity index (χ0) is 30.6. The summed E-state index contributed by atoms with van der Waals surface area (Å²) in [4.78, 5) is 40.5. The molecular weight excluding hydrogens is 582 g/mol. The third-order valence-electron chi connectivity index (χ3n) is 5.50. The largest absolute Gasteiger partial charge is 0.462 e. The molecule has 228 valence electrons. The maximum Gasteiger partial charge on any atom is 0.351 e. The molecule has 1 aromatic heterocycles. The number of esters is 2. The van der Waals surface area contributed by atoms with Crippen LogP contribution in [-0.4, -0.2) is 81.8 Å². The number of aromatic nitrogens is 2. The number of nitrogens with two attached hydrogens (primary N) is 1. The molecule has 6 atom stereocenters. The molecule has 0 aromatic carbocycles. The Morgan fingerprint density at radius 3 is 2.10 bits per heavy atom. The van der Waals surface area contributed by atoms with Crippen LogP contribution in [0.2, 0.25) is 0 Å². The summed E-state index contributed by atoms with van der Waals surface area (Å²) in [6.45, 7) is 4.05. The van der Waals surface area contributed by atoms with Crippen LogP contribution in [0, 0.1) is 0 Å². The molecule has 13 nitrogen and oxygen atoms in total. The van der Waals surface area contributed by atoms with Crippen molar-refractivity contribution in [3.8, 4) is 0 Å². The number of nitrogen functional groups attached to an aromatic ring is 1. The summed E-state index contributed by atoms with van der Waals surface area (Å²) >= 11 is 5.50. The number of alkyl halides is 3. The molecule has 1 fully saturated rings. The molecular formula is C22H35F3N5O8PS. The van der Waals surface area contributed by atoms with Crippen molar-refractivity contribution in [3.63, 3.8) is 0 Å². The molecule has 18 heteroatoms. The van der Waals surface area contributed by atoms with Gasteiger partial charge >= 0.3 is 17.6 Å². The number of aliphatic hydroxyl groups excluding tert-OH is 1. The lowest BCUT2D eigenvalue weighted by Gasteiger charge is -2.35. The maximum absolute atomic E-state index is 15.4. The van der Waals surface area contributed by atoms with Gasteiger partial charge in [0.1, 0.15) is 24.0 Å². The molecule has 40 heavy (non-hydrogen) atoms. The van der Waals surface area contributed by atoms with Gasteiger partial charge < -0.3 is 29.6 Å². The van der Waals surface area contributed by atoms with Gasteiger partial charge in [-0.05, 0) is 59.4 Å². The van der Waals surface area contributed by atoms with Crippen LogP contribution < -0.4 is 21.6 Å². The van der Waals surface area contributed by atoms with Crippen LogP contribution >= 0.6 is 6.57 Å². The van der Waals surface area contributed by atoms with E-state index >= 15 is 4.39 Å². The molecule has 1 aliphatic heterocycles. The van der Waals surface area contributed by atoms with Crippen LogP contribution in [0.4, 0.5) is 19.0 Å². The number of carbonyl (C=O) groups is 2. The van der Waals surface area contributed by atoms with Gasteiger partial charge in [-0.25, -0.2) is 28.1 Å². The Bertz CT molecular complexity index is 1130. The first-order chi connectivity index (χ1) is 18.4. The van der Waals surface area contributed by atoms with Crippen LogP contribution in [0.3, 0.4) is 0 Å². The first-order valence-electron chi connectivity index (χ1n) is 12.3. The van der Waals surface area contributed by atoms with Crippen molar-refractivity contribution < 1.29 is 46.6 Å². The van der Waals surface area contributed by atoms with Gasteiger partial charge in [-0.3, -0.25) is 14.2 Å². The summed E-state index contributed by atoms with van der Waals surface area (Å²) in [7, 11) is 0. The van der Waals surface area contributed by atoms with Gasteiger partial charge in [0.15, 0.2) is 24.6 Å². The third-order valence-corrected chi connectivity index (χ3v) is 8.40. The highest BCUT2D eigenvalue weighted by Gasteiger charge is 2.62. The molecule has 1 saturated heterocycles. The second kappa shape index (κ2) is 13.7. The lowest BCUT2D eigenvalue weighted by atomic mass is 9.98. The second-order valence-corrected chi connectivity index (χ2v) is 13.1. The van der Waals surface area contributed by atoms with Gasteiger partial charge in [0.05, 0.1) is 18.8 Å². The van der Waals surface area contributed by atoms with Gasteiger partial charge in [0.2, 0.25) is 0 Å². The Morgan fingerprint density at radius 2 is 1.68 bits per heavy atom. The summed E-state index contributed by atoms with van der Waals surface area (Å²) in [5.41, 5.74) is 1.24. The summed E-state index contributed by atoms with van der Waals surface area (Å²) in [5.74, 6) is -1.72. The molecule has 0 aliphatic carbocycles. The number of nitrogens with one attached hydrogen (secondary N) is 2. The maximum atomic E-state index is 15.4. The number of nitrogens with zero attached hydrogens (tertiary/aromatic N) is 2. The van der Waals surface area contributed by atoms with Crippen molar-refractivity contribution in [2.75, 3.05) is 12.3 Å². The van der Waals surface area contributed by atoms with Crippen LogP contribution in [0.15, 0.2) is 17.1 Å². The van der Waals surface area contributed by atoms with E-state index in [0.717, 1.165) is 12.3 Å². The number of hydrogen-bond donors (Lipinski definition) is 4. The highest BCUT2D eigenvalue weighted by molar-refractivity contribution is 8.10. The standard InChI is InChI=1S/C22H35F3N5O8PS/c1-10(2)36-18(32)12(5)28-39(40,29-13(6)19(33)37-11(3)4)35-9-22(20(24)25)16(23)15(31)17(38-22)30-8-7-14(26)27-21(30)34/h7-8,10-13,15-17,20,31H,9H2,1-6H3,(H2,26,27,34)(H2,28,29,40)/t12-,13-,15+,16-,17+,22+/m0/s1. The van der Waals surface area contributed by atoms with Crippen LogP contribution in [0.25, 0.3) is 0 Å². The van der Waals surface area contributed by atoms with Gasteiger partial charge in [-0.2, -0.15) is 4.98 Å². The van der Waals surface area contributed by atoms with E-state index in [1.54, 1.807) is 27.7 Å². The van der Waals surface area contributed by atoms with Crippen molar-refractivity contribution in [2.45, 2.75) is 96.4 Å². The van der Waals surface area contributed by atoms with E-state index in [9.17, 15) is 28.3 Å². The van der Waals surface area contributed by atoms with E-state index in [1.165, 1.54) is 13.8 Å². The smallest absolute Gasteiger partial charge is 0.351 e. The minimum atomic E-state index is -3.84. The molecule has 5 N–H and O–H groups in total. The Balaban J connectivity index is 2.38. The first kappa shape index (κ1) is 34.1. The SMILES string of the molecule is CC(C)OC(=O)[C@H](C)NP(=S)(N[C@@H](C)C(=O)OC(C)C)OC[C@@]1(C(F)F)O[C@@H](n2ccc(N)nc2=O)[C@H](O)[C@@H]1F. The van der Waals surface area contributed by atoms with Crippen LogP contribution in [0.1, 0.15) is 47.8 Å². The molecule has 0 amide bonds. The predicted molar refractivity (Wildman–Crippen MR) is 141 cm³/mol. The van der Waals surface area contributed by atoms with Crippen molar-refractivity contribution in [1.82, 2.24) is 19.7 Å². The molecule has 0 bridgehead atoms. The van der Waals surface area contributed by atoms with E-state index in [4.69, 9.17) is 36.3 Å². The van der Waals surface area contributed by atoms with Crippen molar-refractivity contribution in [1.29, 1.82) is 0 Å². The fraction of sp³-hybridized carbons (Fsp3) is 0.727. The number of rotatable bonds is 13. The van der Waals surface area contributed by atoms with E-state index in [1.807, 2.05) is 0 Å². The molecule has 0 spiro atoms. The second-order valence-electron chi connectivity index (χ2n) is 9.70. The number of halogens is 3. The lowest BCUT2D eigenvalue weighted by Crippen LogP contribution is -2.52. The normalized spacial score (nSPS) is 24.9. The molecule has 0 radical (unpaired) electrons. The van der Waals surface area contributed by atoms with Crippen molar-refractivity contribution in [3.05, 3.63) is 22.7 Å². The monoisotopic (exact) mass is 617 g/mol. The van der Waals surface area contributed by atoms with Gasteiger partial charge in [-0.15, -0.1) is 0 Å².